The third kappa shape index (κ3) is 5.37. The minimum absolute atomic E-state index is 0.0196. The van der Waals surface area contributed by atoms with Crippen molar-refractivity contribution in [2.45, 2.75) is 38.8 Å². The van der Waals surface area contributed by atoms with E-state index in [-0.39, 0.29) is 24.7 Å². The van der Waals surface area contributed by atoms with Crippen molar-refractivity contribution in [2.75, 3.05) is 13.1 Å². The predicted octanol–water partition coefficient (Wildman–Crippen LogP) is 4.24. The van der Waals surface area contributed by atoms with Crippen LogP contribution in [0.4, 0.5) is 13.2 Å². The second-order valence-corrected chi connectivity index (χ2v) is 7.44. The molecule has 1 atom stereocenters. The summed E-state index contributed by atoms with van der Waals surface area (Å²) in [6, 6.07) is 7.25. The van der Waals surface area contributed by atoms with E-state index >= 15 is 0 Å². The summed E-state index contributed by atoms with van der Waals surface area (Å²) in [4.78, 5) is 27.6. The number of para-hydroxylation sites is 1. The van der Waals surface area contributed by atoms with Gasteiger partial charge in [-0.3, -0.25) is 14.6 Å². The van der Waals surface area contributed by atoms with Gasteiger partial charge in [0.2, 0.25) is 5.91 Å². The molecule has 1 heterocycles. The van der Waals surface area contributed by atoms with Crippen LogP contribution < -0.4 is 10.6 Å². The molecule has 2 N–H and O–H groups in total. The molecule has 5 nitrogen and oxygen atoms in total. The number of fused-ring (bicyclic) bond motifs is 1. The normalized spacial score (nSPS) is 16.8. The number of pyridine rings is 1. The van der Waals surface area contributed by atoms with Gasteiger partial charge >= 0.3 is 6.18 Å². The number of hydrogen-bond acceptors (Lipinski definition) is 3. The Kier molecular flexibility index (Phi) is 6.74. The third-order valence-electron chi connectivity index (χ3n) is 5.21. The zero-order valence-corrected chi connectivity index (χ0v) is 16.7. The largest absolute Gasteiger partial charge is 0.392 e. The van der Waals surface area contributed by atoms with E-state index in [0.717, 1.165) is 16.5 Å². The predicted molar refractivity (Wildman–Crippen MR) is 109 cm³/mol. The van der Waals surface area contributed by atoms with E-state index in [4.69, 9.17) is 0 Å². The zero-order chi connectivity index (χ0) is 21.7. The summed E-state index contributed by atoms with van der Waals surface area (Å²) < 4.78 is 38.7. The Labute approximate surface area is 172 Å². The van der Waals surface area contributed by atoms with Crippen LogP contribution in [0, 0.1) is 5.92 Å². The molecule has 0 radical (unpaired) electrons. The quantitative estimate of drug-likeness (QED) is 0.688. The molecule has 0 spiro atoms. The fourth-order valence-electron chi connectivity index (χ4n) is 3.58. The van der Waals surface area contributed by atoms with Crippen molar-refractivity contribution in [3.8, 4) is 0 Å². The first-order valence-corrected chi connectivity index (χ1v) is 9.93. The summed E-state index contributed by atoms with van der Waals surface area (Å²) in [5, 5.41) is 6.21. The Morgan fingerprint density at radius 2 is 1.97 bits per heavy atom. The van der Waals surface area contributed by atoms with Crippen molar-refractivity contribution in [1.29, 1.82) is 0 Å². The second kappa shape index (κ2) is 9.28. The summed E-state index contributed by atoms with van der Waals surface area (Å²) in [5.41, 5.74) is 2.77. The molecule has 2 amide bonds. The first-order valence-electron chi connectivity index (χ1n) is 9.93. The van der Waals surface area contributed by atoms with Gasteiger partial charge in [0, 0.05) is 37.2 Å². The van der Waals surface area contributed by atoms with E-state index in [0.29, 0.717) is 37.0 Å². The van der Waals surface area contributed by atoms with Gasteiger partial charge in [-0.1, -0.05) is 24.3 Å². The maximum absolute atomic E-state index is 12.9. The van der Waals surface area contributed by atoms with Crippen LogP contribution in [-0.4, -0.2) is 36.1 Å². The van der Waals surface area contributed by atoms with Crippen LogP contribution in [0.2, 0.25) is 0 Å². The van der Waals surface area contributed by atoms with Gasteiger partial charge in [0.1, 0.15) is 0 Å². The van der Waals surface area contributed by atoms with Crippen molar-refractivity contribution < 1.29 is 22.8 Å². The van der Waals surface area contributed by atoms with Crippen molar-refractivity contribution >= 4 is 28.3 Å². The second-order valence-electron chi connectivity index (χ2n) is 7.44. The Balaban J connectivity index is 1.71. The highest BCUT2D eigenvalue weighted by Crippen LogP contribution is 2.40. The molecule has 1 aromatic heterocycles. The Morgan fingerprint density at radius 3 is 2.63 bits per heavy atom. The van der Waals surface area contributed by atoms with E-state index in [1.54, 1.807) is 12.1 Å². The fraction of sp³-hybridized carbons (Fsp3) is 0.409. The Bertz CT molecular complexity index is 970. The van der Waals surface area contributed by atoms with Crippen molar-refractivity contribution in [3.05, 3.63) is 47.7 Å². The van der Waals surface area contributed by atoms with E-state index in [2.05, 4.69) is 15.6 Å². The molecule has 1 aliphatic rings. The summed E-state index contributed by atoms with van der Waals surface area (Å²) in [7, 11) is 0. The Morgan fingerprint density at radius 1 is 1.20 bits per heavy atom. The molecule has 0 bridgehead atoms. The summed E-state index contributed by atoms with van der Waals surface area (Å²) >= 11 is 0. The molecule has 3 rings (SSSR count). The number of carbonyl (C=O) groups excluding carboxylic acids is 2. The van der Waals surface area contributed by atoms with Crippen LogP contribution in [0.5, 0.6) is 0 Å². The number of nitrogens with zero attached hydrogens (tertiary/aromatic N) is 1. The topological polar surface area (TPSA) is 71.1 Å². The number of benzene rings is 1. The maximum atomic E-state index is 12.9. The van der Waals surface area contributed by atoms with Crippen molar-refractivity contribution in [3.63, 3.8) is 0 Å². The van der Waals surface area contributed by atoms with E-state index < -0.39 is 12.1 Å². The SMILES string of the molecule is CC(=O)NCCCNC(=O)c1cnc2c(C3=CCC(C(F)(F)F)CC3)cccc2c1. The average Bonchev–Trinajstić information content (AvgIpc) is 2.71. The van der Waals surface area contributed by atoms with Gasteiger partial charge in [0.15, 0.2) is 0 Å². The highest BCUT2D eigenvalue weighted by Gasteiger charge is 2.39. The van der Waals surface area contributed by atoms with E-state index in [1.807, 2.05) is 18.2 Å². The number of nitrogens with one attached hydrogen (secondary N) is 2. The summed E-state index contributed by atoms with van der Waals surface area (Å²) in [6.07, 6.45) is -0.00190. The monoisotopic (exact) mass is 419 g/mol. The smallest absolute Gasteiger partial charge is 0.356 e. The van der Waals surface area contributed by atoms with Crippen LogP contribution in [0.15, 0.2) is 36.5 Å². The molecule has 1 aromatic carbocycles. The molecule has 1 unspecified atom stereocenters. The first kappa shape index (κ1) is 21.8. The van der Waals surface area contributed by atoms with Crippen LogP contribution in [0.25, 0.3) is 16.5 Å². The van der Waals surface area contributed by atoms with E-state index in [9.17, 15) is 22.8 Å². The Hall–Kier alpha value is -2.90. The number of carbonyl (C=O) groups is 2. The fourth-order valence-corrected chi connectivity index (χ4v) is 3.58. The van der Waals surface area contributed by atoms with Crippen LogP contribution in [0.3, 0.4) is 0 Å². The van der Waals surface area contributed by atoms with Gasteiger partial charge in [-0.05, 0) is 37.3 Å². The minimum atomic E-state index is -4.16. The lowest BCUT2D eigenvalue weighted by atomic mass is 9.85. The molecule has 1 aliphatic carbocycles. The zero-order valence-electron chi connectivity index (χ0n) is 16.7. The molecule has 0 saturated carbocycles. The minimum Gasteiger partial charge on any atom is -0.356 e. The number of allylic oxidation sites excluding steroid dienone is 2. The van der Waals surface area contributed by atoms with Crippen LogP contribution >= 0.6 is 0 Å². The van der Waals surface area contributed by atoms with E-state index in [1.165, 1.54) is 13.1 Å². The molecule has 0 saturated heterocycles. The number of hydrogen-bond donors (Lipinski definition) is 2. The number of rotatable bonds is 6. The molecule has 0 aliphatic heterocycles. The van der Waals surface area contributed by atoms with Gasteiger partial charge in [-0.2, -0.15) is 13.2 Å². The van der Waals surface area contributed by atoms with Gasteiger partial charge in [0.05, 0.1) is 17.0 Å². The molecular weight excluding hydrogens is 395 g/mol. The van der Waals surface area contributed by atoms with Gasteiger partial charge < -0.3 is 10.6 Å². The van der Waals surface area contributed by atoms with Gasteiger partial charge in [0.25, 0.3) is 5.91 Å². The highest BCUT2D eigenvalue weighted by molar-refractivity contribution is 5.99. The lowest BCUT2D eigenvalue weighted by Gasteiger charge is -2.24. The lowest BCUT2D eigenvalue weighted by Crippen LogP contribution is -2.28. The number of halogens is 3. The number of amides is 2. The summed E-state index contributed by atoms with van der Waals surface area (Å²) in [6.45, 7) is 2.34. The van der Waals surface area contributed by atoms with Crippen molar-refractivity contribution in [1.82, 2.24) is 15.6 Å². The lowest BCUT2D eigenvalue weighted by molar-refractivity contribution is -0.175. The van der Waals surface area contributed by atoms with Crippen LogP contribution in [0.1, 0.15) is 48.5 Å². The highest BCUT2D eigenvalue weighted by atomic mass is 19.4. The molecule has 8 heteroatoms. The number of alkyl halides is 3. The molecular formula is C22H24F3N3O2. The van der Waals surface area contributed by atoms with Gasteiger partial charge in [-0.25, -0.2) is 0 Å². The maximum Gasteiger partial charge on any atom is 0.392 e. The summed E-state index contributed by atoms with van der Waals surface area (Å²) in [5.74, 6) is -1.66. The van der Waals surface area contributed by atoms with Gasteiger partial charge in [-0.15, -0.1) is 0 Å². The molecule has 0 fully saturated rings. The molecule has 30 heavy (non-hydrogen) atoms. The average molecular weight is 419 g/mol. The molecule has 2 aromatic rings. The molecule has 160 valence electrons. The number of aromatic nitrogens is 1. The van der Waals surface area contributed by atoms with Crippen molar-refractivity contribution in [2.24, 2.45) is 5.92 Å². The first-order chi connectivity index (χ1) is 14.3. The third-order valence-corrected chi connectivity index (χ3v) is 5.21. The van der Waals surface area contributed by atoms with Crippen LogP contribution in [-0.2, 0) is 4.79 Å². The standard InChI is InChI=1S/C22H24F3N3O2/c1-14(29)26-10-3-11-27-21(30)17-12-16-4-2-5-19(20(16)28-13-17)15-6-8-18(9-7-15)22(23,24)25/h2,4-6,12-13,18H,3,7-11H2,1H3,(H,26,29)(H,27,30).